The molecule has 1 aliphatic carbocycles. The van der Waals surface area contributed by atoms with Crippen LogP contribution in [0.15, 0.2) is 28.7 Å². The molecule has 298 valence electrons. The number of carbonyl (C=O) groups is 3. The van der Waals surface area contributed by atoms with Gasteiger partial charge in [0.15, 0.2) is 29.8 Å². The van der Waals surface area contributed by atoms with E-state index in [-0.39, 0.29) is 32.0 Å². The number of ether oxygens (including phenoxy) is 8. The number of halogens is 3. The number of fused-ring (bicyclic) bond motifs is 8. The topological polar surface area (TPSA) is 167 Å². The zero-order valence-corrected chi connectivity index (χ0v) is 34.0. The zero-order valence-electron chi connectivity index (χ0n) is 30.9. The van der Waals surface area contributed by atoms with Gasteiger partial charge >= 0.3 is 18.0 Å². The Bertz CT molecular complexity index is 1870. The highest BCUT2D eigenvalue weighted by Gasteiger charge is 2.64. The van der Waals surface area contributed by atoms with Gasteiger partial charge in [0.1, 0.15) is 31.4 Å². The maximum absolute atomic E-state index is 13.8. The maximum Gasteiger partial charge on any atom is 0.408 e. The second kappa shape index (κ2) is 15.6. The Morgan fingerprint density at radius 1 is 1.15 bits per heavy atom. The number of alkyl halides is 3. The molecule has 4 unspecified atom stereocenters. The Morgan fingerprint density at radius 3 is 2.56 bits per heavy atom. The molecule has 0 radical (unpaired) electrons. The number of nitrogens with zero attached hydrogens (tertiary/aromatic N) is 3. The summed E-state index contributed by atoms with van der Waals surface area (Å²) in [6.45, 7) is 4.24. The summed E-state index contributed by atoms with van der Waals surface area (Å²) in [4.78, 5) is 43.9. The molecular formula is C36H41Cl3N4O11S. The predicted molar refractivity (Wildman–Crippen MR) is 199 cm³/mol. The van der Waals surface area contributed by atoms with Gasteiger partial charge in [-0.25, -0.2) is 9.59 Å². The first-order chi connectivity index (χ1) is 26.2. The number of hydrogen-bond acceptors (Lipinski definition) is 15. The summed E-state index contributed by atoms with van der Waals surface area (Å²) < 4.78 is 45.3. The van der Waals surface area contributed by atoms with Gasteiger partial charge in [-0.05, 0) is 38.4 Å². The molecule has 9 atom stereocenters. The number of thioether (sulfide) groups is 1. The van der Waals surface area contributed by atoms with E-state index in [0.29, 0.717) is 40.6 Å². The van der Waals surface area contributed by atoms with Crippen LogP contribution < -0.4 is 14.8 Å². The zero-order chi connectivity index (χ0) is 39.5. The molecular weight excluding hydrogens is 803 g/mol. The van der Waals surface area contributed by atoms with E-state index in [1.807, 2.05) is 20.9 Å². The number of piperidine rings is 1. The highest BCUT2D eigenvalue weighted by Crippen LogP contribution is 2.59. The Morgan fingerprint density at radius 2 is 1.89 bits per heavy atom. The van der Waals surface area contributed by atoms with Crippen molar-refractivity contribution in [1.82, 2.24) is 15.1 Å². The van der Waals surface area contributed by atoms with E-state index in [9.17, 15) is 19.6 Å². The number of nitrogens with one attached hydrogen (secondary N) is 1. The first-order valence-electron chi connectivity index (χ1n) is 17.6. The summed E-state index contributed by atoms with van der Waals surface area (Å²) in [5, 5.41) is 13.2. The second-order valence-corrected chi connectivity index (χ2v) is 17.9. The molecule has 4 saturated heterocycles. The van der Waals surface area contributed by atoms with Crippen molar-refractivity contribution in [3.8, 4) is 17.6 Å². The lowest BCUT2D eigenvalue weighted by Gasteiger charge is -2.64. The minimum atomic E-state index is -1.87. The van der Waals surface area contributed by atoms with Gasteiger partial charge in [-0.1, -0.05) is 40.9 Å². The fourth-order valence-electron chi connectivity index (χ4n) is 9.12. The van der Waals surface area contributed by atoms with Crippen molar-refractivity contribution in [1.29, 1.82) is 5.26 Å². The molecule has 5 aliphatic heterocycles. The van der Waals surface area contributed by atoms with Crippen molar-refractivity contribution in [2.45, 2.75) is 78.6 Å². The SMILES string of the molecule is COCOc1c(OC)c(C)cc2c1[C@H]1C3[C@@H]4SCC(NC(=O)OCC(Cl)(Cl)Cl)C(=O)OC[C@H](C5=C6OCOC6=C(C)C(OC(C)=O)C54)N3[C@@H](C#N)[C@H](C2)N1C. The van der Waals surface area contributed by atoms with E-state index in [1.165, 1.54) is 18.7 Å². The van der Waals surface area contributed by atoms with E-state index in [1.54, 1.807) is 14.2 Å². The summed E-state index contributed by atoms with van der Waals surface area (Å²) in [5.41, 5.74) is 4.11. The number of likely N-dealkylation sites (N-methyl/N-ethyl adjacent to an activating group) is 1. The molecule has 4 fully saturated rings. The molecule has 5 heterocycles. The lowest BCUT2D eigenvalue weighted by Crippen LogP contribution is -2.75. The number of amides is 1. The summed E-state index contributed by atoms with van der Waals surface area (Å²) in [6, 6.07) is 0.855. The number of rotatable bonds is 7. The van der Waals surface area contributed by atoms with Gasteiger partial charge in [-0.15, -0.1) is 0 Å². The molecule has 19 heteroatoms. The molecule has 6 aliphatic rings. The van der Waals surface area contributed by atoms with Gasteiger partial charge in [-0.3, -0.25) is 14.6 Å². The highest BCUT2D eigenvalue weighted by molar-refractivity contribution is 8.00. The van der Waals surface area contributed by atoms with Gasteiger partial charge in [0.05, 0.1) is 25.3 Å². The number of aryl methyl sites for hydroxylation is 1. The Balaban J connectivity index is 1.43. The minimum Gasteiger partial charge on any atom is -0.493 e. The molecule has 7 rings (SSSR count). The van der Waals surface area contributed by atoms with Crippen molar-refractivity contribution < 1.29 is 52.3 Å². The van der Waals surface area contributed by atoms with Gasteiger partial charge < -0.3 is 43.2 Å². The summed E-state index contributed by atoms with van der Waals surface area (Å²) in [7, 11) is 5.12. The standard InChI is InChI=1S/C36H41Cl3N4O11S/c1-15-7-18-8-20-21(9-40)43-22-10-49-34(45)19(41-35(46)50-12-36(37,38)39)11-55-33(25-24(22)32-30(52-14-53-32)16(2)29(25)54-17(3)44)27(43)26(42(20)4)23(18)31(28(15)48-6)51-13-47-5/h7,19-22,25-27,29,33H,8,10-14H2,1-6H3,(H,41,46)/t19?,20-,21-,22+,25?,26-,27?,29?,33+/m0/s1. The number of cyclic esters (lactones) is 1. The van der Waals surface area contributed by atoms with E-state index < -0.39 is 75.9 Å². The van der Waals surface area contributed by atoms with Crippen LogP contribution in [-0.4, -0.2) is 127 Å². The van der Waals surface area contributed by atoms with Crippen LogP contribution >= 0.6 is 46.6 Å². The number of nitriles is 1. The van der Waals surface area contributed by atoms with Crippen LogP contribution in [0.4, 0.5) is 4.79 Å². The number of carbonyl (C=O) groups excluding carboxylic acids is 3. The lowest BCUT2D eigenvalue weighted by atomic mass is 9.66. The molecule has 0 saturated carbocycles. The first kappa shape index (κ1) is 39.9. The Hall–Kier alpha value is -3.30. The Labute approximate surface area is 337 Å². The molecule has 0 spiro atoms. The van der Waals surface area contributed by atoms with Gasteiger partial charge in [0.2, 0.25) is 10.6 Å². The molecule has 1 N–H and O–H groups in total. The smallest absolute Gasteiger partial charge is 0.408 e. The van der Waals surface area contributed by atoms with Crippen LogP contribution in [0, 0.1) is 24.2 Å². The van der Waals surface area contributed by atoms with E-state index in [4.69, 9.17) is 72.7 Å². The maximum atomic E-state index is 13.8. The van der Waals surface area contributed by atoms with Crippen LogP contribution in [0.3, 0.4) is 0 Å². The van der Waals surface area contributed by atoms with Crippen molar-refractivity contribution in [2.24, 2.45) is 5.92 Å². The highest BCUT2D eigenvalue weighted by atomic mass is 35.6. The number of alkyl carbamates (subject to hydrolysis) is 1. The summed E-state index contributed by atoms with van der Waals surface area (Å²) in [6.07, 6.45) is -1.28. The van der Waals surface area contributed by atoms with E-state index in [0.717, 1.165) is 16.7 Å². The molecule has 55 heavy (non-hydrogen) atoms. The number of piperazine rings is 1. The summed E-state index contributed by atoms with van der Waals surface area (Å²) >= 11 is 18.8. The fourth-order valence-corrected chi connectivity index (χ4v) is 10.9. The van der Waals surface area contributed by atoms with E-state index in [2.05, 4.69) is 27.3 Å². The molecule has 15 nitrogen and oxygen atoms in total. The fraction of sp³-hybridized carbons (Fsp3) is 0.611. The first-order valence-corrected chi connectivity index (χ1v) is 19.8. The molecule has 1 aromatic rings. The van der Waals surface area contributed by atoms with Gasteiger partial charge in [-0.2, -0.15) is 17.0 Å². The summed E-state index contributed by atoms with van der Waals surface area (Å²) in [5.74, 6) is 0.217. The van der Waals surface area contributed by atoms with Crippen LogP contribution in [-0.2, 0) is 44.4 Å². The number of benzene rings is 1. The predicted octanol–water partition coefficient (Wildman–Crippen LogP) is 4.06. The molecule has 1 aromatic carbocycles. The third-order valence-corrected chi connectivity index (χ3v) is 12.9. The van der Waals surface area contributed by atoms with Crippen LogP contribution in [0.5, 0.6) is 11.5 Å². The monoisotopic (exact) mass is 842 g/mol. The van der Waals surface area contributed by atoms with Gasteiger partial charge in [0, 0.05) is 59.7 Å². The molecule has 1 amide bonds. The van der Waals surface area contributed by atoms with E-state index >= 15 is 0 Å². The number of hydrogen-bond donors (Lipinski definition) is 1. The number of esters is 2. The third kappa shape index (κ3) is 7.04. The second-order valence-electron chi connectivity index (χ2n) is 14.2. The minimum absolute atomic E-state index is 0.00551. The largest absolute Gasteiger partial charge is 0.493 e. The van der Waals surface area contributed by atoms with Gasteiger partial charge in [0.25, 0.3) is 0 Å². The average molecular weight is 844 g/mol. The Kier molecular flexibility index (Phi) is 11.3. The van der Waals surface area contributed by atoms with Crippen LogP contribution in [0.2, 0.25) is 0 Å². The molecule has 0 aromatic heterocycles. The van der Waals surface area contributed by atoms with Crippen molar-refractivity contribution >= 4 is 64.6 Å². The van der Waals surface area contributed by atoms with Crippen LogP contribution in [0.25, 0.3) is 0 Å². The number of methoxy groups -OCH3 is 2. The lowest BCUT2D eigenvalue weighted by molar-refractivity contribution is -0.154. The van der Waals surface area contributed by atoms with Crippen molar-refractivity contribution in [3.63, 3.8) is 0 Å². The van der Waals surface area contributed by atoms with Crippen LogP contribution in [0.1, 0.15) is 36.6 Å². The normalized spacial score (nSPS) is 31.3. The van der Waals surface area contributed by atoms with Crippen molar-refractivity contribution in [3.05, 3.63) is 45.4 Å². The quantitative estimate of drug-likeness (QED) is 0.181. The van der Waals surface area contributed by atoms with Crippen molar-refractivity contribution in [2.75, 3.05) is 53.8 Å². The average Bonchev–Trinajstić information content (AvgIpc) is 3.62. The third-order valence-electron chi connectivity index (χ3n) is 11.1. The molecule has 4 bridgehead atoms.